The Kier molecular flexibility index (Phi) is 7.36. The maximum absolute atomic E-state index is 4.88. The molecule has 1 aromatic carbocycles. The topological polar surface area (TPSA) is 26.5 Å². The van der Waals surface area contributed by atoms with E-state index in [1.54, 1.807) is 0 Å². The van der Waals surface area contributed by atoms with Crippen molar-refractivity contribution in [3.8, 4) is 0 Å². The number of nitrogens with zero attached hydrogens (tertiary/aromatic N) is 2. The molecule has 0 saturated heterocycles. The van der Waals surface area contributed by atoms with Crippen molar-refractivity contribution in [3.63, 3.8) is 0 Å². The molecule has 3 rings (SSSR count). The first-order chi connectivity index (χ1) is 10.7. The predicted octanol–water partition coefficient (Wildman–Crippen LogP) is 5.42. The van der Waals surface area contributed by atoms with Gasteiger partial charge in [-0.05, 0) is 35.6 Å². The Bertz CT molecular complexity index is 601. The number of aliphatic imine (C=N–C) groups is 1. The van der Waals surface area contributed by atoms with Crippen molar-refractivity contribution in [2.24, 2.45) is 16.8 Å². The van der Waals surface area contributed by atoms with Crippen LogP contribution >= 0.6 is 19.7 Å². The van der Waals surface area contributed by atoms with Crippen LogP contribution in [0.3, 0.4) is 0 Å². The van der Waals surface area contributed by atoms with E-state index < -0.39 is 0 Å². The van der Waals surface area contributed by atoms with Crippen LogP contribution in [0.25, 0.3) is 10.9 Å². The Morgan fingerprint density at radius 3 is 2.55 bits per heavy atom. The summed E-state index contributed by atoms with van der Waals surface area (Å²) >= 11 is -0.368. The molecule has 5 heteroatoms. The molecular weight excluding hydrogens is 354 g/mol. The fourth-order valence-electron chi connectivity index (χ4n) is 3.28. The van der Waals surface area contributed by atoms with Crippen molar-refractivity contribution in [2.75, 3.05) is 0 Å². The normalized spacial score (nSPS) is 25.0. The van der Waals surface area contributed by atoms with Gasteiger partial charge in [-0.15, -0.1) is 5.52 Å². The summed E-state index contributed by atoms with van der Waals surface area (Å²) in [6.07, 6.45) is 7.89. The van der Waals surface area contributed by atoms with Crippen LogP contribution in [0.15, 0.2) is 35.5 Å². The number of rotatable bonds is 2. The van der Waals surface area contributed by atoms with E-state index >= 15 is 0 Å². The van der Waals surface area contributed by atoms with E-state index in [1.807, 2.05) is 12.4 Å². The Morgan fingerprint density at radius 2 is 1.86 bits per heavy atom. The fourth-order valence-corrected chi connectivity index (χ4v) is 3.28. The van der Waals surface area contributed by atoms with Gasteiger partial charge >= 0.3 is 34.1 Å². The van der Waals surface area contributed by atoms with Gasteiger partial charge in [0.1, 0.15) is 0 Å². The van der Waals surface area contributed by atoms with E-state index in [1.165, 1.54) is 24.6 Å². The minimum absolute atomic E-state index is 0.368. The standard InChI is InChI=1S/C17H21N2.2ClH.V/c1-12-5-3-6-13(2)16(12)19-11-15-8-4-7-14-9-10-18-17(14)15;;;/h4,7-13,16H,3,5-6H2,1-2H3;2*1H;/q-1;;;+2/p-2. The van der Waals surface area contributed by atoms with Crippen molar-refractivity contribution >= 4 is 36.8 Å². The van der Waals surface area contributed by atoms with Crippen LogP contribution < -0.4 is 4.98 Å². The minimum atomic E-state index is -0.368. The first-order valence-corrected chi connectivity index (χ1v) is 11.5. The fraction of sp³-hybridized carbons (Fsp3) is 0.471. The molecule has 1 aliphatic carbocycles. The molecule has 2 aromatic rings. The summed E-state index contributed by atoms with van der Waals surface area (Å²) in [5.41, 5.74) is 2.22. The van der Waals surface area contributed by atoms with Crippen LogP contribution in [-0.4, -0.2) is 12.3 Å². The first-order valence-electron chi connectivity index (χ1n) is 7.63. The molecule has 0 N–H and O–H groups in total. The van der Waals surface area contributed by atoms with Gasteiger partial charge in [0, 0.05) is 6.21 Å². The van der Waals surface area contributed by atoms with Crippen LogP contribution in [-0.2, 0) is 14.4 Å². The summed E-state index contributed by atoms with van der Waals surface area (Å²) in [7, 11) is 9.72. The van der Waals surface area contributed by atoms with E-state index in [9.17, 15) is 0 Å². The molecule has 1 saturated carbocycles. The van der Waals surface area contributed by atoms with Crippen molar-refractivity contribution in [3.05, 3.63) is 36.0 Å². The van der Waals surface area contributed by atoms with E-state index in [0.717, 1.165) is 11.1 Å². The predicted molar refractivity (Wildman–Crippen MR) is 92.5 cm³/mol. The summed E-state index contributed by atoms with van der Waals surface area (Å²) in [5, 5.41) is 1.20. The van der Waals surface area contributed by atoms with Crippen LogP contribution in [0.4, 0.5) is 0 Å². The zero-order chi connectivity index (χ0) is 15.9. The van der Waals surface area contributed by atoms with Crippen LogP contribution in [0.5, 0.6) is 0 Å². The molecule has 0 aliphatic heterocycles. The molecule has 1 aliphatic rings. The molecule has 0 spiro atoms. The van der Waals surface area contributed by atoms with Gasteiger partial charge in [0.2, 0.25) is 0 Å². The third-order valence-electron chi connectivity index (χ3n) is 4.43. The number of para-hydroxylation sites is 1. The zero-order valence-electron chi connectivity index (χ0n) is 12.9. The Hall–Kier alpha value is -0.406. The summed E-state index contributed by atoms with van der Waals surface area (Å²) < 4.78 is 0. The van der Waals surface area contributed by atoms with E-state index in [2.05, 4.69) is 43.1 Å². The molecule has 2 atom stereocenters. The Morgan fingerprint density at radius 1 is 1.18 bits per heavy atom. The number of aromatic nitrogens is 1. The molecular formula is C17H21Cl2N2V-. The molecule has 2 nitrogen and oxygen atoms in total. The summed E-state index contributed by atoms with van der Waals surface area (Å²) in [4.78, 5) is 9.31. The molecule has 119 valence electrons. The summed E-state index contributed by atoms with van der Waals surface area (Å²) in [5.74, 6) is 1.40. The third kappa shape index (κ3) is 4.55. The molecule has 1 fully saturated rings. The molecule has 2 unspecified atom stereocenters. The summed E-state index contributed by atoms with van der Waals surface area (Å²) in [6, 6.07) is 8.82. The van der Waals surface area contributed by atoms with Crippen LogP contribution in [0, 0.1) is 11.8 Å². The van der Waals surface area contributed by atoms with Crippen molar-refractivity contribution < 1.29 is 14.4 Å². The Balaban J connectivity index is 0.000000545. The number of fused-ring (bicyclic) bond motifs is 1. The van der Waals surface area contributed by atoms with E-state index in [-0.39, 0.29) is 14.4 Å². The second kappa shape index (κ2) is 9.03. The second-order valence-electron chi connectivity index (χ2n) is 5.95. The SMILES string of the molecule is CC1CCCC(C)C1N=Cc1cccc2cc[n-]c12.[Cl][V][Cl]. The van der Waals surface area contributed by atoms with Gasteiger partial charge in [-0.3, -0.25) is 4.99 Å². The van der Waals surface area contributed by atoms with E-state index in [4.69, 9.17) is 24.7 Å². The number of hydrogen-bond donors (Lipinski definition) is 0. The maximum atomic E-state index is 4.88. The molecule has 1 heterocycles. The average molecular weight is 375 g/mol. The Labute approximate surface area is 148 Å². The van der Waals surface area contributed by atoms with E-state index in [0.29, 0.717) is 17.9 Å². The quantitative estimate of drug-likeness (QED) is 0.644. The number of benzene rings is 1. The van der Waals surface area contributed by atoms with Gasteiger partial charge in [0.25, 0.3) is 0 Å². The van der Waals surface area contributed by atoms with Gasteiger partial charge in [0.05, 0.1) is 6.04 Å². The molecule has 1 aromatic heterocycles. The summed E-state index contributed by atoms with van der Waals surface area (Å²) in [6.45, 7) is 4.66. The zero-order valence-corrected chi connectivity index (χ0v) is 15.8. The van der Waals surface area contributed by atoms with Gasteiger partial charge < -0.3 is 4.98 Å². The van der Waals surface area contributed by atoms with Gasteiger partial charge in [-0.1, -0.05) is 44.5 Å². The van der Waals surface area contributed by atoms with Gasteiger partial charge in [-0.25, -0.2) is 0 Å². The van der Waals surface area contributed by atoms with Gasteiger partial charge in [-0.2, -0.15) is 6.20 Å². The molecule has 0 bridgehead atoms. The molecule has 0 amide bonds. The second-order valence-corrected chi connectivity index (χ2v) is 8.25. The number of halogens is 2. The third-order valence-corrected chi connectivity index (χ3v) is 4.43. The first kappa shape index (κ1) is 17.9. The van der Waals surface area contributed by atoms with Crippen molar-refractivity contribution in [1.29, 1.82) is 0 Å². The monoisotopic (exact) mass is 374 g/mol. The van der Waals surface area contributed by atoms with Crippen LogP contribution in [0.1, 0.15) is 38.7 Å². The van der Waals surface area contributed by atoms with Crippen molar-refractivity contribution in [2.45, 2.75) is 39.2 Å². The van der Waals surface area contributed by atoms with Crippen molar-refractivity contribution in [1.82, 2.24) is 4.98 Å². The average Bonchev–Trinajstić information content (AvgIpc) is 2.97. The van der Waals surface area contributed by atoms with Gasteiger partial charge in [0.15, 0.2) is 0 Å². The number of hydrogen-bond acceptors (Lipinski definition) is 1. The molecule has 22 heavy (non-hydrogen) atoms. The molecule has 0 radical (unpaired) electrons. The van der Waals surface area contributed by atoms with Crippen LogP contribution in [0.2, 0.25) is 0 Å².